The molecule has 0 aliphatic carbocycles. The molecule has 8 heteroatoms. The van der Waals surface area contributed by atoms with Crippen molar-refractivity contribution in [1.29, 1.82) is 0 Å². The van der Waals surface area contributed by atoms with Crippen molar-refractivity contribution in [3.63, 3.8) is 0 Å². The van der Waals surface area contributed by atoms with Crippen LogP contribution in [0.5, 0.6) is 0 Å². The first-order valence-corrected chi connectivity index (χ1v) is 12.3. The summed E-state index contributed by atoms with van der Waals surface area (Å²) in [6, 6.07) is 16.1. The number of sulfonamides is 1. The van der Waals surface area contributed by atoms with Crippen LogP contribution in [0.1, 0.15) is 29.3 Å². The van der Waals surface area contributed by atoms with Gasteiger partial charge >= 0.3 is 5.97 Å². The van der Waals surface area contributed by atoms with E-state index in [0.29, 0.717) is 9.90 Å². The molecule has 0 radical (unpaired) electrons. The molecule has 0 spiro atoms. The highest BCUT2D eigenvalue weighted by Gasteiger charge is 2.42. The van der Waals surface area contributed by atoms with Gasteiger partial charge < -0.3 is 5.11 Å². The molecule has 1 N–H and O–H groups in total. The highest BCUT2D eigenvalue weighted by molar-refractivity contribution is 7.89. The average molecular weight is 474 g/mol. The van der Waals surface area contributed by atoms with Crippen molar-refractivity contribution in [1.82, 2.24) is 4.31 Å². The summed E-state index contributed by atoms with van der Waals surface area (Å²) >= 11 is 7.30. The number of carboxylic acid groups (broad SMARTS) is 1. The van der Waals surface area contributed by atoms with Crippen LogP contribution in [0.4, 0.5) is 0 Å². The number of nitrogens with zero attached hydrogens (tertiary/aromatic N) is 1. The molecule has 0 saturated carbocycles. The molecule has 5 nitrogen and oxygen atoms in total. The second-order valence-electron chi connectivity index (χ2n) is 7.22. The van der Waals surface area contributed by atoms with E-state index in [1.54, 1.807) is 13.0 Å². The van der Waals surface area contributed by atoms with Gasteiger partial charge in [-0.3, -0.25) is 4.79 Å². The van der Waals surface area contributed by atoms with Gasteiger partial charge in [0.1, 0.15) is 6.04 Å². The minimum Gasteiger partial charge on any atom is -0.480 e. The first-order valence-electron chi connectivity index (χ1n) is 9.71. The summed E-state index contributed by atoms with van der Waals surface area (Å²) in [4.78, 5) is 13.2. The number of rotatable bonds is 6. The standard InChI is InChI=1S/C23H20ClNO4S2/c1-2-19(23(26)27)25-14-21-22(31(25,28)29)13-20(30-21)17-9-5-15(6-10-17)3-4-16-7-11-18(24)12-8-16/h3-13,19H,2,14H2,1H3,(H,26,27). The molecule has 31 heavy (non-hydrogen) atoms. The highest BCUT2D eigenvalue weighted by atomic mass is 35.5. The maximum Gasteiger partial charge on any atom is 0.322 e. The number of thiophene rings is 1. The van der Waals surface area contributed by atoms with E-state index in [1.807, 2.05) is 60.7 Å². The number of benzene rings is 2. The maximum absolute atomic E-state index is 12.9. The molecule has 3 aromatic rings. The summed E-state index contributed by atoms with van der Waals surface area (Å²) in [5, 5.41) is 10.1. The van der Waals surface area contributed by atoms with Crippen LogP contribution in [-0.2, 0) is 21.4 Å². The number of hydrogen-bond donors (Lipinski definition) is 1. The fourth-order valence-electron chi connectivity index (χ4n) is 3.54. The number of halogens is 1. The summed E-state index contributed by atoms with van der Waals surface area (Å²) in [6.07, 6.45) is 4.22. The third kappa shape index (κ3) is 4.32. The van der Waals surface area contributed by atoms with Gasteiger partial charge in [-0.05, 0) is 41.3 Å². The van der Waals surface area contributed by atoms with Crippen LogP contribution < -0.4 is 0 Å². The van der Waals surface area contributed by atoms with Gasteiger partial charge in [0.15, 0.2) is 0 Å². The Balaban J connectivity index is 1.54. The maximum atomic E-state index is 12.9. The van der Waals surface area contributed by atoms with Gasteiger partial charge in [-0.2, -0.15) is 4.31 Å². The Hall–Kier alpha value is -2.45. The molecule has 4 rings (SSSR count). The normalized spacial score (nSPS) is 16.5. The SMILES string of the molecule is CCC(C(=O)O)N1Cc2sc(-c3ccc(C=Cc4ccc(Cl)cc4)cc3)cc2S1(=O)=O. The first-order chi connectivity index (χ1) is 14.8. The molecule has 0 bridgehead atoms. The van der Waals surface area contributed by atoms with Crippen LogP contribution in [0.25, 0.3) is 22.6 Å². The lowest BCUT2D eigenvalue weighted by Crippen LogP contribution is -2.40. The fourth-order valence-corrected chi connectivity index (χ4v) is 7.07. The van der Waals surface area contributed by atoms with Crippen LogP contribution in [0.15, 0.2) is 59.5 Å². The Morgan fingerprint density at radius 3 is 2.23 bits per heavy atom. The van der Waals surface area contributed by atoms with E-state index >= 15 is 0 Å². The van der Waals surface area contributed by atoms with Crippen molar-refractivity contribution < 1.29 is 18.3 Å². The summed E-state index contributed by atoms with van der Waals surface area (Å²) in [6.45, 7) is 1.78. The van der Waals surface area contributed by atoms with Gasteiger partial charge in [0.25, 0.3) is 0 Å². The highest BCUT2D eigenvalue weighted by Crippen LogP contribution is 2.42. The quantitative estimate of drug-likeness (QED) is 0.472. The number of carboxylic acids is 1. The topological polar surface area (TPSA) is 74.7 Å². The minimum absolute atomic E-state index is 0.106. The predicted octanol–water partition coefficient (Wildman–Crippen LogP) is 5.61. The van der Waals surface area contributed by atoms with E-state index < -0.39 is 22.0 Å². The van der Waals surface area contributed by atoms with Crippen LogP contribution in [0, 0.1) is 0 Å². The lowest BCUT2D eigenvalue weighted by atomic mass is 10.1. The molecule has 0 amide bonds. The van der Waals surface area contributed by atoms with Crippen LogP contribution in [0.3, 0.4) is 0 Å². The third-order valence-electron chi connectivity index (χ3n) is 5.21. The van der Waals surface area contributed by atoms with Crippen LogP contribution in [0.2, 0.25) is 5.02 Å². The smallest absolute Gasteiger partial charge is 0.322 e. The van der Waals surface area contributed by atoms with Crippen molar-refractivity contribution in [2.24, 2.45) is 0 Å². The molecule has 160 valence electrons. The van der Waals surface area contributed by atoms with Gasteiger partial charge in [-0.1, -0.05) is 67.1 Å². The first kappa shape index (κ1) is 21.8. The summed E-state index contributed by atoms with van der Waals surface area (Å²) in [5.74, 6) is -1.12. The summed E-state index contributed by atoms with van der Waals surface area (Å²) in [7, 11) is -3.80. The third-order valence-corrected chi connectivity index (χ3v) is 8.68. The van der Waals surface area contributed by atoms with Crippen molar-refractivity contribution in [3.05, 3.63) is 75.6 Å². The lowest BCUT2D eigenvalue weighted by molar-refractivity contribution is -0.141. The minimum atomic E-state index is -3.80. The Morgan fingerprint density at radius 1 is 1.13 bits per heavy atom. The van der Waals surface area contributed by atoms with Crippen molar-refractivity contribution in [2.45, 2.75) is 30.8 Å². The lowest BCUT2D eigenvalue weighted by Gasteiger charge is -2.21. The van der Waals surface area contributed by atoms with E-state index in [4.69, 9.17) is 11.6 Å². The zero-order valence-electron chi connectivity index (χ0n) is 16.7. The molecule has 2 aromatic carbocycles. The van der Waals surface area contributed by atoms with E-state index in [-0.39, 0.29) is 17.9 Å². The monoisotopic (exact) mass is 473 g/mol. The molecule has 2 heterocycles. The largest absolute Gasteiger partial charge is 0.480 e. The van der Waals surface area contributed by atoms with Crippen LogP contribution in [-0.4, -0.2) is 29.8 Å². The molecule has 0 fully saturated rings. The number of carbonyl (C=O) groups is 1. The number of fused-ring (bicyclic) bond motifs is 1. The van der Waals surface area contributed by atoms with Crippen molar-refractivity contribution in [2.75, 3.05) is 0 Å². The second kappa shape index (κ2) is 8.59. The Bertz CT molecular complexity index is 1250. The molecule has 1 aliphatic heterocycles. The predicted molar refractivity (Wildman–Crippen MR) is 125 cm³/mol. The van der Waals surface area contributed by atoms with E-state index in [1.165, 1.54) is 11.3 Å². The molecular formula is C23H20ClNO4S2. The number of aliphatic carboxylic acids is 1. The number of hydrogen-bond acceptors (Lipinski definition) is 4. The molecule has 1 aromatic heterocycles. The Kier molecular flexibility index (Phi) is 6.03. The van der Waals surface area contributed by atoms with Gasteiger partial charge in [-0.15, -0.1) is 11.3 Å². The van der Waals surface area contributed by atoms with Crippen molar-refractivity contribution in [3.8, 4) is 10.4 Å². The van der Waals surface area contributed by atoms with Gasteiger partial charge in [0, 0.05) is 14.8 Å². The molecule has 1 unspecified atom stereocenters. The van der Waals surface area contributed by atoms with Gasteiger partial charge in [0.2, 0.25) is 10.0 Å². The zero-order chi connectivity index (χ0) is 22.2. The van der Waals surface area contributed by atoms with E-state index in [0.717, 1.165) is 25.9 Å². The second-order valence-corrected chi connectivity index (χ2v) is 10.6. The van der Waals surface area contributed by atoms with E-state index in [9.17, 15) is 18.3 Å². The molecule has 0 saturated heterocycles. The molecule has 1 aliphatic rings. The Morgan fingerprint density at radius 2 is 1.71 bits per heavy atom. The summed E-state index contributed by atoms with van der Waals surface area (Å²) in [5.41, 5.74) is 2.99. The fraction of sp³-hybridized carbons (Fsp3) is 0.174. The Labute approximate surface area is 190 Å². The van der Waals surface area contributed by atoms with Crippen molar-refractivity contribution >= 4 is 51.1 Å². The molecular weight excluding hydrogens is 454 g/mol. The summed E-state index contributed by atoms with van der Waals surface area (Å²) < 4.78 is 26.8. The van der Waals surface area contributed by atoms with Crippen LogP contribution >= 0.6 is 22.9 Å². The van der Waals surface area contributed by atoms with Gasteiger partial charge in [0.05, 0.1) is 11.4 Å². The van der Waals surface area contributed by atoms with Gasteiger partial charge in [-0.25, -0.2) is 8.42 Å². The zero-order valence-corrected chi connectivity index (χ0v) is 19.0. The van der Waals surface area contributed by atoms with E-state index in [2.05, 4.69) is 0 Å². The molecule has 1 atom stereocenters. The average Bonchev–Trinajstić information content (AvgIpc) is 3.27.